The number of amides is 1. The number of ether oxygens (including phenoxy) is 1. The normalized spacial score (nSPS) is 11.5. The van der Waals surface area contributed by atoms with Crippen LogP contribution >= 0.6 is 0 Å². The molecule has 0 fully saturated rings. The largest absolute Gasteiger partial charge is 0.493 e. The molecular formula is C23H23F3N2O5. The molecule has 2 aromatic carbocycles. The van der Waals surface area contributed by atoms with Crippen molar-refractivity contribution in [2.45, 2.75) is 32.4 Å². The molecular weight excluding hydrogens is 441 g/mol. The fourth-order valence-electron chi connectivity index (χ4n) is 3.46. The van der Waals surface area contributed by atoms with Crippen LogP contribution in [-0.2, 0) is 12.6 Å². The molecule has 0 saturated carbocycles. The van der Waals surface area contributed by atoms with Gasteiger partial charge in [0.05, 0.1) is 17.6 Å². The van der Waals surface area contributed by atoms with E-state index < -0.39 is 17.8 Å². The lowest BCUT2D eigenvalue weighted by Crippen LogP contribution is -2.28. The van der Waals surface area contributed by atoms with E-state index in [4.69, 9.17) is 14.4 Å². The van der Waals surface area contributed by atoms with Crippen LogP contribution in [0, 0.1) is 0 Å². The second-order valence-corrected chi connectivity index (χ2v) is 7.51. The predicted octanol–water partition coefficient (Wildman–Crippen LogP) is 5.04. The molecule has 10 heteroatoms. The van der Waals surface area contributed by atoms with Crippen LogP contribution in [0.1, 0.15) is 51.7 Å². The molecule has 0 bridgehead atoms. The summed E-state index contributed by atoms with van der Waals surface area (Å²) in [6.07, 6.45) is -3.03. The van der Waals surface area contributed by atoms with Crippen LogP contribution in [0.2, 0.25) is 0 Å². The van der Waals surface area contributed by atoms with Gasteiger partial charge in [0.1, 0.15) is 5.75 Å². The molecule has 0 unspecified atom stereocenters. The van der Waals surface area contributed by atoms with Crippen LogP contribution in [-0.4, -0.2) is 47.2 Å². The average molecular weight is 464 g/mol. The minimum Gasteiger partial charge on any atom is -0.493 e. The molecule has 3 rings (SSSR count). The van der Waals surface area contributed by atoms with Gasteiger partial charge in [-0.15, -0.1) is 0 Å². The molecule has 33 heavy (non-hydrogen) atoms. The molecule has 3 aromatic rings. The van der Waals surface area contributed by atoms with Gasteiger partial charge in [-0.3, -0.25) is 4.79 Å². The Labute approximate surface area is 187 Å². The molecule has 0 saturated heterocycles. The summed E-state index contributed by atoms with van der Waals surface area (Å²) in [5.41, 5.74) is -0.189. The van der Waals surface area contributed by atoms with Gasteiger partial charge in [-0.25, -0.2) is 4.79 Å². The molecule has 7 nitrogen and oxygen atoms in total. The summed E-state index contributed by atoms with van der Waals surface area (Å²) in [4.78, 5) is 25.1. The average Bonchev–Trinajstić information content (AvgIpc) is 3.22. The molecule has 1 N–H and O–H groups in total. The molecule has 0 radical (unpaired) electrons. The van der Waals surface area contributed by atoms with Gasteiger partial charge in [0.25, 0.3) is 5.91 Å². The van der Waals surface area contributed by atoms with Gasteiger partial charge in [-0.2, -0.15) is 13.2 Å². The third kappa shape index (κ3) is 5.44. The van der Waals surface area contributed by atoms with Crippen molar-refractivity contribution in [2.75, 3.05) is 20.2 Å². The van der Waals surface area contributed by atoms with Crippen LogP contribution < -0.4 is 4.74 Å². The summed E-state index contributed by atoms with van der Waals surface area (Å²) in [7, 11) is 1.59. The van der Waals surface area contributed by atoms with Gasteiger partial charge in [-0.05, 0) is 43.2 Å². The Morgan fingerprint density at radius 3 is 2.58 bits per heavy atom. The zero-order valence-corrected chi connectivity index (χ0v) is 18.1. The number of aromatic carboxylic acids is 1. The Kier molecular flexibility index (Phi) is 7.25. The van der Waals surface area contributed by atoms with Gasteiger partial charge < -0.3 is 19.3 Å². The number of rotatable bonds is 9. The highest BCUT2D eigenvalue weighted by Crippen LogP contribution is 2.38. The molecule has 0 aliphatic carbocycles. The summed E-state index contributed by atoms with van der Waals surface area (Å²) >= 11 is 0. The second kappa shape index (κ2) is 9.93. The number of nitrogens with zero attached hydrogens (tertiary/aromatic N) is 2. The van der Waals surface area contributed by atoms with Crippen molar-refractivity contribution in [2.24, 2.45) is 0 Å². The molecule has 0 atom stereocenters. The number of alkyl halides is 3. The first-order valence-electron chi connectivity index (χ1n) is 10.3. The van der Waals surface area contributed by atoms with Gasteiger partial charge in [-0.1, -0.05) is 24.6 Å². The number of halogens is 3. The van der Waals surface area contributed by atoms with Crippen LogP contribution in [0.4, 0.5) is 13.2 Å². The van der Waals surface area contributed by atoms with Crippen LogP contribution in [0.15, 0.2) is 40.9 Å². The first-order valence-corrected chi connectivity index (χ1v) is 10.3. The van der Waals surface area contributed by atoms with E-state index in [1.807, 2.05) is 6.92 Å². The van der Waals surface area contributed by atoms with Crippen molar-refractivity contribution >= 4 is 22.8 Å². The van der Waals surface area contributed by atoms with Crippen molar-refractivity contribution in [3.05, 3.63) is 58.8 Å². The van der Waals surface area contributed by atoms with Crippen LogP contribution in [0.5, 0.6) is 5.75 Å². The Hall–Kier alpha value is -3.56. The smallest absolute Gasteiger partial charge is 0.437 e. The van der Waals surface area contributed by atoms with E-state index in [0.29, 0.717) is 37.1 Å². The van der Waals surface area contributed by atoms with Crippen molar-refractivity contribution < 1.29 is 37.1 Å². The first-order chi connectivity index (χ1) is 15.6. The Morgan fingerprint density at radius 2 is 1.91 bits per heavy atom. The number of hydrogen-bond acceptors (Lipinski definition) is 5. The summed E-state index contributed by atoms with van der Waals surface area (Å²) < 4.78 is 50.2. The van der Waals surface area contributed by atoms with Crippen molar-refractivity contribution in [1.29, 1.82) is 0 Å². The van der Waals surface area contributed by atoms with Gasteiger partial charge in [0.2, 0.25) is 0 Å². The summed E-state index contributed by atoms with van der Waals surface area (Å²) in [5.74, 6) is -1.03. The molecule has 0 spiro atoms. The lowest BCUT2D eigenvalue weighted by Gasteiger charge is -2.18. The number of aryl methyl sites for hydroxylation is 1. The molecule has 1 amide bonds. The number of carbonyl (C=O) groups is 2. The number of carbonyl (C=O) groups excluding carboxylic acids is 1. The summed E-state index contributed by atoms with van der Waals surface area (Å²) in [6, 6.07) is 8.54. The van der Waals surface area contributed by atoms with Crippen LogP contribution in [0.25, 0.3) is 11.0 Å². The number of hydrogen-bond donors (Lipinski definition) is 1. The topological polar surface area (TPSA) is 92.9 Å². The number of carboxylic acids is 1. The van der Waals surface area contributed by atoms with Crippen molar-refractivity contribution in [1.82, 2.24) is 10.1 Å². The van der Waals surface area contributed by atoms with E-state index in [1.165, 1.54) is 35.2 Å². The minimum absolute atomic E-state index is 0.0255. The third-order valence-electron chi connectivity index (χ3n) is 5.07. The number of aromatic nitrogens is 1. The van der Waals surface area contributed by atoms with E-state index in [9.17, 15) is 22.8 Å². The fourth-order valence-corrected chi connectivity index (χ4v) is 3.46. The highest BCUT2D eigenvalue weighted by atomic mass is 19.4. The highest BCUT2D eigenvalue weighted by molar-refractivity contribution is 5.97. The fraction of sp³-hybridized carbons (Fsp3) is 0.348. The van der Waals surface area contributed by atoms with Gasteiger partial charge in [0, 0.05) is 24.7 Å². The zero-order valence-electron chi connectivity index (χ0n) is 18.1. The number of carboxylic acid groups (broad SMARTS) is 1. The van der Waals surface area contributed by atoms with E-state index in [1.54, 1.807) is 13.1 Å². The maximum atomic E-state index is 13.1. The van der Waals surface area contributed by atoms with E-state index in [2.05, 4.69) is 5.16 Å². The molecule has 0 aliphatic rings. The maximum Gasteiger partial charge on any atom is 0.437 e. The van der Waals surface area contributed by atoms with Crippen molar-refractivity contribution in [3.8, 4) is 5.75 Å². The summed E-state index contributed by atoms with van der Waals surface area (Å²) in [5, 5.41) is 12.2. The molecule has 1 aromatic heterocycles. The Bertz CT molecular complexity index is 1160. The zero-order chi connectivity index (χ0) is 24.2. The van der Waals surface area contributed by atoms with E-state index >= 15 is 0 Å². The quantitative estimate of drug-likeness (QED) is 0.446. The predicted molar refractivity (Wildman–Crippen MR) is 113 cm³/mol. The number of fused-ring (bicyclic) bond motifs is 1. The SMILES string of the molecule is CCCc1c(OCCCN(C)C(=O)c2cccc(C(=O)O)c2)ccc2c(C(F)(F)F)noc12. The third-order valence-corrected chi connectivity index (χ3v) is 5.07. The standard InChI is InChI=1S/C23H23F3N2O5/c1-3-6-16-18(10-9-17-19(16)33-27-20(17)23(24,25)26)32-12-5-11-28(2)21(29)14-7-4-8-15(13-14)22(30)31/h4,7-10,13H,3,5-6,11-12H2,1-2H3,(H,30,31). The second-order valence-electron chi connectivity index (χ2n) is 7.51. The van der Waals surface area contributed by atoms with Gasteiger partial charge in [0.15, 0.2) is 11.3 Å². The minimum atomic E-state index is -4.61. The number of benzene rings is 2. The van der Waals surface area contributed by atoms with Crippen LogP contribution in [0.3, 0.4) is 0 Å². The first kappa shape index (κ1) is 24.1. The maximum absolute atomic E-state index is 13.1. The highest BCUT2D eigenvalue weighted by Gasteiger charge is 2.37. The lowest BCUT2D eigenvalue weighted by atomic mass is 10.0. The van der Waals surface area contributed by atoms with E-state index in [-0.39, 0.29) is 34.6 Å². The van der Waals surface area contributed by atoms with Gasteiger partial charge >= 0.3 is 12.1 Å². The molecule has 1 heterocycles. The lowest BCUT2D eigenvalue weighted by molar-refractivity contribution is -0.141. The molecule has 176 valence electrons. The van der Waals surface area contributed by atoms with Crippen molar-refractivity contribution in [3.63, 3.8) is 0 Å². The Balaban J connectivity index is 1.65. The monoisotopic (exact) mass is 464 g/mol. The Morgan fingerprint density at radius 1 is 1.18 bits per heavy atom. The molecule has 0 aliphatic heterocycles. The summed E-state index contributed by atoms with van der Waals surface area (Å²) in [6.45, 7) is 2.45. The van der Waals surface area contributed by atoms with E-state index in [0.717, 1.165) is 0 Å².